The van der Waals surface area contributed by atoms with Crippen LogP contribution in [0.15, 0.2) is 94.8 Å². The molecule has 3 aromatic carbocycles. The minimum Gasteiger partial charge on any atom is -0.494 e. The van der Waals surface area contributed by atoms with Crippen LogP contribution in [0.1, 0.15) is 25.3 Å². The van der Waals surface area contributed by atoms with E-state index in [1.165, 1.54) is 12.1 Å². The lowest BCUT2D eigenvalue weighted by Gasteiger charge is -2.28. The molecule has 0 bridgehead atoms. The molecular formula is C28H31N3O6S. The smallest absolute Gasteiger partial charge is 0.270 e. The molecule has 0 aromatic heterocycles. The summed E-state index contributed by atoms with van der Waals surface area (Å²) in [5.41, 5.74) is 5.36. The second-order valence-corrected chi connectivity index (χ2v) is 11.0. The summed E-state index contributed by atoms with van der Waals surface area (Å²) in [5, 5.41) is 8.93. The van der Waals surface area contributed by atoms with E-state index in [9.17, 15) is 13.2 Å². The molecule has 38 heavy (non-hydrogen) atoms. The summed E-state index contributed by atoms with van der Waals surface area (Å²) >= 11 is 0. The van der Waals surface area contributed by atoms with Crippen LogP contribution in [-0.4, -0.2) is 55.9 Å². The molecular weight excluding hydrogens is 506 g/mol. The van der Waals surface area contributed by atoms with E-state index in [0.29, 0.717) is 30.0 Å². The van der Waals surface area contributed by atoms with E-state index < -0.39 is 27.4 Å². The third-order valence-electron chi connectivity index (χ3n) is 6.28. The predicted molar refractivity (Wildman–Crippen MR) is 145 cm³/mol. The normalized spacial score (nSPS) is 18.8. The molecule has 4 rings (SSSR count). The molecule has 0 fully saturated rings. The number of benzene rings is 3. The van der Waals surface area contributed by atoms with Gasteiger partial charge in [0.25, 0.3) is 5.91 Å². The number of hydrogen-bond acceptors (Lipinski definition) is 8. The Morgan fingerprint density at radius 3 is 2.34 bits per heavy atom. The fourth-order valence-corrected chi connectivity index (χ4v) is 5.43. The van der Waals surface area contributed by atoms with Crippen molar-refractivity contribution in [2.24, 2.45) is 4.99 Å². The van der Waals surface area contributed by atoms with Crippen LogP contribution in [0.5, 0.6) is 5.75 Å². The van der Waals surface area contributed by atoms with Crippen LogP contribution in [0.2, 0.25) is 0 Å². The minimum atomic E-state index is -3.67. The number of hydrazine groups is 1. The Hall–Kier alpha value is -3.89. The molecule has 0 saturated carbocycles. The largest absolute Gasteiger partial charge is 0.494 e. The Morgan fingerprint density at radius 2 is 1.68 bits per heavy atom. The highest BCUT2D eigenvalue weighted by Crippen LogP contribution is 2.33. The Bertz CT molecular complexity index is 1350. The van der Waals surface area contributed by atoms with Crippen LogP contribution in [0.3, 0.4) is 0 Å². The number of amides is 1. The summed E-state index contributed by atoms with van der Waals surface area (Å²) < 4.78 is 37.8. The van der Waals surface area contributed by atoms with Gasteiger partial charge in [0.05, 0.1) is 22.9 Å². The van der Waals surface area contributed by atoms with Gasteiger partial charge in [-0.1, -0.05) is 36.4 Å². The lowest BCUT2D eigenvalue weighted by molar-refractivity contribution is -0.128. The van der Waals surface area contributed by atoms with E-state index >= 15 is 0 Å². The zero-order valence-corrected chi connectivity index (χ0v) is 21.9. The molecule has 10 heteroatoms. The molecule has 0 saturated heterocycles. The number of anilines is 1. The average molecular weight is 538 g/mol. The van der Waals surface area contributed by atoms with Crippen LogP contribution in [0, 0.1) is 0 Å². The molecule has 2 atom stereocenters. The second kappa shape index (κ2) is 12.1. The first-order chi connectivity index (χ1) is 18.3. The maximum absolute atomic E-state index is 13.6. The number of nitrogens with zero attached hydrogens (tertiary/aromatic N) is 1. The molecule has 1 aliphatic rings. The third kappa shape index (κ3) is 6.32. The van der Waals surface area contributed by atoms with Gasteiger partial charge in [0.2, 0.25) is 5.90 Å². The quantitative estimate of drug-likeness (QED) is 0.239. The molecule has 9 nitrogen and oxygen atoms in total. The van der Waals surface area contributed by atoms with Crippen molar-refractivity contribution in [3.05, 3.63) is 90.5 Å². The number of ether oxygens (including phenoxy) is 2. The molecule has 1 heterocycles. The fourth-order valence-electron chi connectivity index (χ4n) is 4.05. The van der Waals surface area contributed by atoms with Crippen molar-refractivity contribution in [1.82, 2.24) is 5.43 Å². The number of rotatable bonds is 12. The van der Waals surface area contributed by atoms with Gasteiger partial charge in [0.1, 0.15) is 11.9 Å². The van der Waals surface area contributed by atoms with Gasteiger partial charge in [-0.25, -0.2) is 13.4 Å². The molecule has 0 spiro atoms. The topological polar surface area (TPSA) is 126 Å². The summed E-state index contributed by atoms with van der Waals surface area (Å²) in [5.74, 6) is 0.0686. The van der Waals surface area contributed by atoms with Gasteiger partial charge >= 0.3 is 0 Å². The average Bonchev–Trinajstić information content (AvgIpc) is 3.29. The van der Waals surface area contributed by atoms with Crippen LogP contribution in [0.4, 0.5) is 5.69 Å². The second-order valence-electron chi connectivity index (χ2n) is 8.88. The molecule has 1 amide bonds. The Kier molecular flexibility index (Phi) is 8.65. The summed E-state index contributed by atoms with van der Waals surface area (Å²) in [7, 11) is -3.67. The first kappa shape index (κ1) is 27.2. The van der Waals surface area contributed by atoms with Gasteiger partial charge in [0, 0.05) is 18.6 Å². The number of carbonyl (C=O) groups is 1. The SMILES string of the molecule is C[C@@H]1OC(c2ccc(OCCCO)cc2)=N[C@]1(CCS(=O)(=O)c1ccccc1)C(=O)NNc1ccccc1. The van der Waals surface area contributed by atoms with Crippen molar-refractivity contribution in [3.8, 4) is 5.75 Å². The fraction of sp³-hybridized carbons (Fsp3) is 0.286. The lowest BCUT2D eigenvalue weighted by atomic mass is 9.90. The zero-order valence-electron chi connectivity index (χ0n) is 21.0. The molecule has 0 aliphatic carbocycles. The van der Waals surface area contributed by atoms with Crippen LogP contribution >= 0.6 is 0 Å². The Morgan fingerprint density at radius 1 is 1.03 bits per heavy atom. The highest BCUT2D eigenvalue weighted by molar-refractivity contribution is 7.91. The lowest BCUT2D eigenvalue weighted by Crippen LogP contribution is -2.53. The van der Waals surface area contributed by atoms with Crippen molar-refractivity contribution in [3.63, 3.8) is 0 Å². The Labute approximate surface area is 222 Å². The first-order valence-electron chi connectivity index (χ1n) is 12.3. The van der Waals surface area contributed by atoms with E-state index in [1.54, 1.807) is 61.5 Å². The molecule has 1 aliphatic heterocycles. The molecule has 200 valence electrons. The predicted octanol–water partition coefficient (Wildman–Crippen LogP) is 3.36. The van der Waals surface area contributed by atoms with Gasteiger partial charge in [-0.15, -0.1) is 0 Å². The number of aliphatic imine (C=N–C) groups is 1. The van der Waals surface area contributed by atoms with Crippen molar-refractivity contribution in [2.75, 3.05) is 24.4 Å². The van der Waals surface area contributed by atoms with E-state index in [2.05, 4.69) is 15.8 Å². The van der Waals surface area contributed by atoms with E-state index in [0.717, 1.165) is 0 Å². The number of para-hydroxylation sites is 1. The van der Waals surface area contributed by atoms with Crippen LogP contribution < -0.4 is 15.6 Å². The van der Waals surface area contributed by atoms with Gasteiger partial charge in [-0.05, 0) is 61.9 Å². The summed E-state index contributed by atoms with van der Waals surface area (Å²) in [6, 6.07) is 24.2. The van der Waals surface area contributed by atoms with Crippen molar-refractivity contribution in [2.45, 2.75) is 36.3 Å². The molecule has 3 aromatic rings. The number of hydrogen-bond donors (Lipinski definition) is 3. The van der Waals surface area contributed by atoms with Crippen molar-refractivity contribution >= 4 is 27.3 Å². The monoisotopic (exact) mass is 537 g/mol. The van der Waals surface area contributed by atoms with Crippen LogP contribution in [-0.2, 0) is 19.4 Å². The standard InChI is InChI=1S/C28H31N3O6S/c1-21-28(27(33)31-30-23-9-4-2-5-10-23,17-20-38(34,35)25-11-6-3-7-12-25)29-26(37-21)22-13-15-24(16-14-22)36-19-8-18-32/h2-7,9-16,21,30,32H,8,17-20H2,1H3,(H,31,33)/t21-,28-/m0/s1. The maximum Gasteiger partial charge on any atom is 0.270 e. The Balaban J connectivity index is 1.59. The first-order valence-corrected chi connectivity index (χ1v) is 14.0. The molecule has 0 unspecified atom stereocenters. The maximum atomic E-state index is 13.6. The van der Waals surface area contributed by atoms with Gasteiger partial charge in [0.15, 0.2) is 15.4 Å². The highest BCUT2D eigenvalue weighted by atomic mass is 32.2. The van der Waals surface area contributed by atoms with Gasteiger partial charge in [-0.3, -0.25) is 15.6 Å². The number of aliphatic hydroxyl groups excluding tert-OH is 1. The highest BCUT2D eigenvalue weighted by Gasteiger charge is 2.51. The number of aliphatic hydroxyl groups is 1. The van der Waals surface area contributed by atoms with E-state index in [1.807, 2.05) is 18.2 Å². The van der Waals surface area contributed by atoms with Crippen molar-refractivity contribution in [1.29, 1.82) is 0 Å². The van der Waals surface area contributed by atoms with Crippen LogP contribution in [0.25, 0.3) is 0 Å². The van der Waals surface area contributed by atoms with E-state index in [-0.39, 0.29) is 29.6 Å². The third-order valence-corrected chi connectivity index (χ3v) is 8.01. The summed E-state index contributed by atoms with van der Waals surface area (Å²) in [4.78, 5) is 18.5. The van der Waals surface area contributed by atoms with Crippen molar-refractivity contribution < 1.29 is 27.8 Å². The number of carbonyl (C=O) groups excluding carboxylic acids is 1. The molecule has 0 radical (unpaired) electrons. The summed E-state index contributed by atoms with van der Waals surface area (Å²) in [6.45, 7) is 2.14. The number of nitrogens with one attached hydrogen (secondary N) is 2. The van der Waals surface area contributed by atoms with Gasteiger partial charge < -0.3 is 14.6 Å². The minimum absolute atomic E-state index is 0.0455. The number of sulfone groups is 1. The molecule has 3 N–H and O–H groups in total. The van der Waals surface area contributed by atoms with Gasteiger partial charge in [-0.2, -0.15) is 0 Å². The van der Waals surface area contributed by atoms with E-state index in [4.69, 9.17) is 14.6 Å². The summed E-state index contributed by atoms with van der Waals surface area (Å²) in [6.07, 6.45) is -0.295. The zero-order chi connectivity index (χ0) is 27.0.